The summed E-state index contributed by atoms with van der Waals surface area (Å²) in [5, 5.41) is 0.611. The zero-order valence-electron chi connectivity index (χ0n) is 13.5. The van der Waals surface area contributed by atoms with Crippen LogP contribution in [0.25, 0.3) is 0 Å². The quantitative estimate of drug-likeness (QED) is 0.594. The van der Waals surface area contributed by atoms with Crippen LogP contribution in [-0.2, 0) is 5.75 Å². The molecule has 0 spiro atoms. The lowest BCUT2D eigenvalue weighted by atomic mass is 9.99. The van der Waals surface area contributed by atoms with E-state index in [0.717, 1.165) is 17.9 Å². The molecule has 1 atom stereocenters. The van der Waals surface area contributed by atoms with Crippen LogP contribution in [0.4, 0.5) is 5.69 Å². The molecule has 0 radical (unpaired) electrons. The fraction of sp³-hybridized carbons (Fsp3) is 0.316. The standard InChI is InChI=1S/C19H24N2S/c1-4-14(2)16-9-11-18(12-10-16)21-19(20)22-13-17-8-6-5-7-15(17)3/h5-12,14H,4,13H2,1-3H3,(H2,20,21)/t14-/m0/s1. The van der Waals surface area contributed by atoms with E-state index in [1.54, 1.807) is 11.8 Å². The lowest BCUT2D eigenvalue weighted by molar-refractivity contribution is 0.734. The van der Waals surface area contributed by atoms with E-state index in [0.29, 0.717) is 11.1 Å². The van der Waals surface area contributed by atoms with Crippen molar-refractivity contribution in [3.8, 4) is 0 Å². The van der Waals surface area contributed by atoms with Gasteiger partial charge < -0.3 is 5.73 Å². The molecular weight excluding hydrogens is 288 g/mol. The van der Waals surface area contributed by atoms with Gasteiger partial charge in [-0.05, 0) is 48.1 Å². The summed E-state index contributed by atoms with van der Waals surface area (Å²) in [6.45, 7) is 6.57. The number of hydrogen-bond donors (Lipinski definition) is 1. The van der Waals surface area contributed by atoms with E-state index in [1.165, 1.54) is 16.7 Å². The minimum Gasteiger partial charge on any atom is -0.378 e. The van der Waals surface area contributed by atoms with Crippen molar-refractivity contribution < 1.29 is 0 Å². The Hall–Kier alpha value is -1.74. The van der Waals surface area contributed by atoms with Crippen molar-refractivity contribution >= 4 is 22.6 Å². The molecule has 0 bridgehead atoms. The Morgan fingerprint density at radius 3 is 2.45 bits per heavy atom. The van der Waals surface area contributed by atoms with Crippen LogP contribution in [0.1, 0.15) is 42.9 Å². The first-order chi connectivity index (χ1) is 10.6. The second kappa shape index (κ2) is 8.04. The normalized spacial score (nSPS) is 13.1. The average Bonchev–Trinajstić information content (AvgIpc) is 2.54. The highest BCUT2D eigenvalue weighted by atomic mass is 32.2. The third-order valence-corrected chi connectivity index (χ3v) is 4.79. The van der Waals surface area contributed by atoms with Gasteiger partial charge in [0.25, 0.3) is 0 Å². The van der Waals surface area contributed by atoms with Gasteiger partial charge in [-0.3, -0.25) is 0 Å². The van der Waals surface area contributed by atoms with Crippen LogP contribution in [0.3, 0.4) is 0 Å². The first kappa shape index (κ1) is 16.6. The Morgan fingerprint density at radius 1 is 1.14 bits per heavy atom. The number of nitrogens with two attached hydrogens (primary N) is 1. The van der Waals surface area contributed by atoms with Crippen LogP contribution < -0.4 is 5.73 Å². The lowest BCUT2D eigenvalue weighted by Crippen LogP contribution is -2.06. The minimum atomic E-state index is 0.589. The lowest BCUT2D eigenvalue weighted by Gasteiger charge is -2.09. The van der Waals surface area contributed by atoms with Crippen LogP contribution in [0.5, 0.6) is 0 Å². The summed E-state index contributed by atoms with van der Waals surface area (Å²) in [5.74, 6) is 1.44. The Labute approximate surface area is 137 Å². The molecule has 0 aliphatic heterocycles. The van der Waals surface area contributed by atoms with Crippen molar-refractivity contribution in [2.24, 2.45) is 10.7 Å². The number of nitrogens with zero attached hydrogens (tertiary/aromatic N) is 1. The third-order valence-electron chi connectivity index (χ3n) is 3.95. The maximum atomic E-state index is 6.04. The topological polar surface area (TPSA) is 38.4 Å². The van der Waals surface area contributed by atoms with Crippen LogP contribution in [0.2, 0.25) is 0 Å². The van der Waals surface area contributed by atoms with Crippen LogP contribution in [0.15, 0.2) is 53.5 Å². The Balaban J connectivity index is 1.98. The number of hydrogen-bond acceptors (Lipinski definition) is 2. The van der Waals surface area contributed by atoms with Crippen molar-refractivity contribution in [2.45, 2.75) is 38.9 Å². The summed E-state index contributed by atoms with van der Waals surface area (Å²) < 4.78 is 0. The number of aryl methyl sites for hydroxylation is 1. The molecule has 22 heavy (non-hydrogen) atoms. The van der Waals surface area contributed by atoms with Crippen LogP contribution >= 0.6 is 11.8 Å². The van der Waals surface area contributed by atoms with Gasteiger partial charge in [0.05, 0.1) is 5.69 Å². The minimum absolute atomic E-state index is 0.589. The van der Waals surface area contributed by atoms with Crippen LogP contribution in [0, 0.1) is 6.92 Å². The largest absolute Gasteiger partial charge is 0.378 e. The molecular formula is C19H24N2S. The SMILES string of the molecule is CC[C@H](C)c1ccc(N=C(N)SCc2ccccc2C)cc1. The highest BCUT2D eigenvalue weighted by Crippen LogP contribution is 2.23. The van der Waals surface area contributed by atoms with Gasteiger partial charge in [-0.2, -0.15) is 0 Å². The summed E-state index contributed by atoms with van der Waals surface area (Å²) >= 11 is 1.58. The fourth-order valence-corrected chi connectivity index (χ4v) is 2.99. The maximum absolute atomic E-state index is 6.04. The molecule has 0 saturated heterocycles. The van der Waals surface area contributed by atoms with Crippen molar-refractivity contribution in [3.05, 3.63) is 65.2 Å². The second-order valence-corrected chi connectivity index (χ2v) is 6.56. The fourth-order valence-electron chi connectivity index (χ4n) is 2.20. The molecule has 0 amide bonds. The van der Waals surface area contributed by atoms with E-state index in [1.807, 2.05) is 12.1 Å². The number of aliphatic imine (C=N–C) groups is 1. The number of rotatable bonds is 5. The molecule has 116 valence electrons. The van der Waals surface area contributed by atoms with E-state index in [-0.39, 0.29) is 0 Å². The van der Waals surface area contributed by atoms with E-state index in [2.05, 4.69) is 62.2 Å². The highest BCUT2D eigenvalue weighted by molar-refractivity contribution is 8.13. The summed E-state index contributed by atoms with van der Waals surface area (Å²) in [5.41, 5.74) is 10.9. The van der Waals surface area contributed by atoms with Gasteiger partial charge in [0.1, 0.15) is 0 Å². The third kappa shape index (κ3) is 4.63. The van der Waals surface area contributed by atoms with Crippen molar-refractivity contribution in [3.63, 3.8) is 0 Å². The molecule has 2 rings (SSSR count). The van der Waals surface area contributed by atoms with Crippen molar-refractivity contribution in [1.29, 1.82) is 0 Å². The van der Waals surface area contributed by atoms with E-state index >= 15 is 0 Å². The zero-order chi connectivity index (χ0) is 15.9. The molecule has 0 fully saturated rings. The summed E-state index contributed by atoms with van der Waals surface area (Å²) in [6, 6.07) is 16.8. The van der Waals surface area contributed by atoms with Crippen molar-refractivity contribution in [2.75, 3.05) is 0 Å². The smallest absolute Gasteiger partial charge is 0.159 e. The van der Waals surface area contributed by atoms with Crippen molar-refractivity contribution in [1.82, 2.24) is 0 Å². The Bertz CT molecular complexity index is 632. The first-order valence-electron chi connectivity index (χ1n) is 7.71. The van der Waals surface area contributed by atoms with E-state index in [4.69, 9.17) is 5.73 Å². The van der Waals surface area contributed by atoms with Gasteiger partial charge >= 0.3 is 0 Å². The second-order valence-electron chi connectivity index (χ2n) is 5.57. The summed E-state index contributed by atoms with van der Waals surface area (Å²) in [7, 11) is 0. The first-order valence-corrected chi connectivity index (χ1v) is 8.70. The Morgan fingerprint density at radius 2 is 1.82 bits per heavy atom. The molecule has 3 heteroatoms. The van der Waals surface area contributed by atoms with Gasteiger partial charge in [0.15, 0.2) is 5.17 Å². The van der Waals surface area contributed by atoms with E-state index < -0.39 is 0 Å². The number of benzene rings is 2. The summed E-state index contributed by atoms with van der Waals surface area (Å²) in [4.78, 5) is 4.49. The van der Waals surface area contributed by atoms with E-state index in [9.17, 15) is 0 Å². The van der Waals surface area contributed by atoms with Gasteiger partial charge in [-0.25, -0.2) is 4.99 Å². The molecule has 0 heterocycles. The molecule has 2 N–H and O–H groups in total. The molecule has 0 saturated carbocycles. The Kier molecular flexibility index (Phi) is 6.08. The van der Waals surface area contributed by atoms with Gasteiger partial charge in [-0.1, -0.05) is 62.0 Å². The predicted octanol–water partition coefficient (Wildman–Crippen LogP) is 5.39. The molecule has 2 aromatic rings. The molecule has 0 aliphatic carbocycles. The van der Waals surface area contributed by atoms with Gasteiger partial charge in [0.2, 0.25) is 0 Å². The predicted molar refractivity (Wildman–Crippen MR) is 98.9 cm³/mol. The molecule has 2 nitrogen and oxygen atoms in total. The van der Waals surface area contributed by atoms with Gasteiger partial charge in [-0.15, -0.1) is 0 Å². The monoisotopic (exact) mass is 312 g/mol. The molecule has 2 aromatic carbocycles. The number of amidine groups is 1. The molecule has 0 unspecified atom stereocenters. The van der Waals surface area contributed by atoms with Crippen LogP contribution in [-0.4, -0.2) is 5.17 Å². The highest BCUT2D eigenvalue weighted by Gasteiger charge is 2.03. The average molecular weight is 312 g/mol. The molecule has 0 aliphatic rings. The zero-order valence-corrected chi connectivity index (χ0v) is 14.4. The maximum Gasteiger partial charge on any atom is 0.159 e. The molecule has 0 aromatic heterocycles. The van der Waals surface area contributed by atoms with Gasteiger partial charge in [0, 0.05) is 5.75 Å². The summed E-state index contributed by atoms with van der Waals surface area (Å²) in [6.07, 6.45) is 1.15. The number of thioether (sulfide) groups is 1.